The second-order valence-electron chi connectivity index (χ2n) is 36.1. The minimum absolute atomic E-state index is 0.109. The molecule has 0 bridgehead atoms. The molecule has 0 aliphatic rings. The fourth-order valence-corrected chi connectivity index (χ4v) is 20.0. The number of fused-ring (bicyclic) bond motifs is 18. The number of rotatable bonds is 10. The van der Waals surface area contributed by atoms with Gasteiger partial charge in [0, 0.05) is 98.8 Å². The highest BCUT2D eigenvalue weighted by Gasteiger charge is 2.24. The molecule has 18 aromatic carbocycles. The second kappa shape index (κ2) is 30.4. The van der Waals surface area contributed by atoms with Crippen molar-refractivity contribution in [3.8, 4) is 67.5 Å². The van der Waals surface area contributed by atoms with E-state index in [1.165, 1.54) is 186 Å². The van der Waals surface area contributed by atoms with Crippen molar-refractivity contribution >= 4 is 131 Å². The number of hydrogen-bond acceptors (Lipinski definition) is 0. The highest BCUT2D eigenvalue weighted by Crippen LogP contribution is 2.44. The summed E-state index contributed by atoms with van der Waals surface area (Å²) >= 11 is 0. The number of aryl methyl sites for hydroxylation is 2. The van der Waals surface area contributed by atoms with Gasteiger partial charge in [-0.05, 0) is 203 Å². The predicted octanol–water partition coefficient (Wildman–Crippen LogP) is 32.1. The molecule has 0 fully saturated rings. The van der Waals surface area contributed by atoms with Crippen molar-refractivity contribution in [1.29, 1.82) is 0 Å². The Kier molecular flexibility index (Phi) is 18.5. The van der Waals surface area contributed by atoms with Gasteiger partial charge in [0.2, 0.25) is 0 Å². The number of aromatic nitrogens is 6. The van der Waals surface area contributed by atoms with Crippen LogP contribution in [0.5, 0.6) is 0 Å². The maximum absolute atomic E-state index is 2.44. The molecule has 0 amide bonds. The molecule has 0 aliphatic carbocycles. The number of nitrogens with zero attached hydrogens (tertiary/aromatic N) is 6. The summed E-state index contributed by atoms with van der Waals surface area (Å²) in [5, 5.41) is 15.3. The summed E-state index contributed by atoms with van der Waals surface area (Å²) in [6.45, 7) is 18.1. The quantitative estimate of drug-likeness (QED) is 0.131. The number of benzene rings is 18. The lowest BCUT2D eigenvalue weighted by Crippen LogP contribution is -2.10. The molecule has 125 heavy (non-hydrogen) atoms. The molecule has 0 aliphatic heterocycles. The van der Waals surface area contributed by atoms with Gasteiger partial charge in [-0.2, -0.15) is 0 Å². The molecule has 0 unspecified atom stereocenters. The molecule has 0 radical (unpaired) electrons. The Morgan fingerprint density at radius 3 is 0.608 bits per heavy atom. The first kappa shape index (κ1) is 75.9. The van der Waals surface area contributed by atoms with Crippen LogP contribution in [0, 0.1) is 19.3 Å². The fourth-order valence-electron chi connectivity index (χ4n) is 20.0. The molecule has 0 saturated heterocycles. The summed E-state index contributed by atoms with van der Waals surface area (Å²) in [7, 11) is 0. The number of para-hydroxylation sites is 12. The Morgan fingerprint density at radius 2 is 0.384 bits per heavy atom. The van der Waals surface area contributed by atoms with Crippen molar-refractivity contribution in [3.05, 3.63) is 435 Å². The summed E-state index contributed by atoms with van der Waals surface area (Å²) in [5.74, 6) is 0. The average molecular weight is 1610 g/mol. The summed E-state index contributed by atoms with van der Waals surface area (Å²) < 4.78 is 14.6. The van der Waals surface area contributed by atoms with E-state index in [0.29, 0.717) is 0 Å². The van der Waals surface area contributed by atoms with Gasteiger partial charge in [0.1, 0.15) is 0 Å². The van der Waals surface area contributed by atoms with Gasteiger partial charge in [0.25, 0.3) is 0 Å². The Balaban J connectivity index is 0.000000111. The third-order valence-corrected chi connectivity index (χ3v) is 25.4. The largest absolute Gasteiger partial charge is 0.309 e. The van der Waals surface area contributed by atoms with Gasteiger partial charge in [-0.3, -0.25) is 0 Å². The standard InChI is InChI=1S/C41H34N2.C40H32N2.C38H28N2/c1-41(2,3)27-28-13-12-14-29(23-28)30-24-31(42-37-19-8-4-15-33(37)34-16-5-9-20-38(34)42)26-32(25-30)43-39-21-10-6-17-35(39)36-18-7-11-22-40(36)43;1-40(2,3)29-22-20-27(21-23-29)28-24-30(41-36-16-8-4-12-32(36)33-13-5-9-17-37(33)41)26-31(25-28)42-38-18-10-6-14-34(38)35-15-7-11-19-39(35)42;1-25-19-26(2)21-27(20-25)28-22-29(39-35-15-7-3-11-31(35)32-12-4-8-16-36(32)39)24-30(23-28)40-37-17-9-5-13-33(37)34-14-6-10-18-38(34)40/h4-26H,27H2,1-3H3;4-26H,1-3H3;3-24H,1-2H3. The van der Waals surface area contributed by atoms with E-state index in [1.54, 1.807) is 0 Å². The van der Waals surface area contributed by atoms with Crippen LogP contribution >= 0.6 is 0 Å². The normalized spacial score (nSPS) is 12.0. The molecule has 6 aromatic heterocycles. The topological polar surface area (TPSA) is 29.6 Å². The lowest BCUT2D eigenvalue weighted by molar-refractivity contribution is 0.411. The molecular weight excluding hydrogens is 1510 g/mol. The van der Waals surface area contributed by atoms with Gasteiger partial charge in [-0.1, -0.05) is 338 Å². The zero-order valence-electron chi connectivity index (χ0n) is 71.7. The van der Waals surface area contributed by atoms with Crippen molar-refractivity contribution in [2.75, 3.05) is 0 Å². The van der Waals surface area contributed by atoms with Crippen molar-refractivity contribution in [2.45, 2.75) is 67.2 Å². The SMILES string of the molecule is CC(C)(C)Cc1cccc(-c2cc(-n3c4ccccc4c4ccccc43)cc(-n3c4ccccc4c4ccccc43)c2)c1.CC(C)(C)c1ccc(-c2cc(-n3c4ccccc4c4ccccc43)cc(-n3c4ccccc4c4ccccc43)c2)cc1.Cc1cc(C)cc(-c2cc(-n3c4ccccc4c4ccccc43)cc(-n3c4ccccc4c4ccccc43)c2)c1. The van der Waals surface area contributed by atoms with E-state index in [4.69, 9.17) is 0 Å². The zero-order valence-corrected chi connectivity index (χ0v) is 71.7. The van der Waals surface area contributed by atoms with Crippen molar-refractivity contribution in [2.24, 2.45) is 5.41 Å². The molecule has 24 rings (SSSR count). The minimum atomic E-state index is 0.109. The summed E-state index contributed by atoms with van der Waals surface area (Å²) in [5.41, 5.74) is 34.5. The summed E-state index contributed by atoms with van der Waals surface area (Å²) in [6.07, 6.45) is 1.03. The maximum Gasteiger partial charge on any atom is 0.0541 e. The molecule has 600 valence electrons. The third kappa shape index (κ3) is 13.4. The maximum atomic E-state index is 2.44. The fraction of sp³-hybridized carbons (Fsp3) is 0.0924. The van der Waals surface area contributed by atoms with Gasteiger partial charge in [-0.15, -0.1) is 0 Å². The smallest absolute Gasteiger partial charge is 0.0541 e. The monoisotopic (exact) mass is 1610 g/mol. The molecule has 24 aromatic rings. The average Bonchev–Trinajstić information content (AvgIpc) is 1.59. The van der Waals surface area contributed by atoms with E-state index in [-0.39, 0.29) is 10.8 Å². The molecular formula is C119H94N6. The van der Waals surface area contributed by atoms with Crippen LogP contribution in [-0.4, -0.2) is 27.4 Å². The third-order valence-electron chi connectivity index (χ3n) is 25.4. The molecule has 6 heterocycles. The lowest BCUT2D eigenvalue weighted by Gasteiger charge is -2.20. The lowest BCUT2D eigenvalue weighted by atomic mass is 9.86. The van der Waals surface area contributed by atoms with Crippen LogP contribution < -0.4 is 0 Å². The molecule has 0 N–H and O–H groups in total. The first-order valence-electron chi connectivity index (χ1n) is 43.7. The second-order valence-corrected chi connectivity index (χ2v) is 36.1. The van der Waals surface area contributed by atoms with Gasteiger partial charge in [0.05, 0.1) is 66.2 Å². The molecule has 6 nitrogen and oxygen atoms in total. The van der Waals surface area contributed by atoms with E-state index in [2.05, 4.69) is 495 Å². The Hall–Kier alpha value is -15.2. The first-order valence-corrected chi connectivity index (χ1v) is 43.7. The Bertz CT molecular complexity index is 7640. The van der Waals surface area contributed by atoms with E-state index < -0.39 is 0 Å². The van der Waals surface area contributed by atoms with Gasteiger partial charge < -0.3 is 27.4 Å². The van der Waals surface area contributed by atoms with Crippen LogP contribution in [0.1, 0.15) is 63.8 Å². The van der Waals surface area contributed by atoms with Crippen molar-refractivity contribution in [3.63, 3.8) is 0 Å². The van der Waals surface area contributed by atoms with Gasteiger partial charge >= 0.3 is 0 Å². The molecule has 6 heteroatoms. The summed E-state index contributed by atoms with van der Waals surface area (Å²) in [6, 6.07) is 151. The van der Waals surface area contributed by atoms with Gasteiger partial charge in [0.15, 0.2) is 0 Å². The molecule has 0 atom stereocenters. The van der Waals surface area contributed by atoms with E-state index in [1.807, 2.05) is 0 Å². The van der Waals surface area contributed by atoms with E-state index in [9.17, 15) is 0 Å². The van der Waals surface area contributed by atoms with Crippen LogP contribution in [0.25, 0.3) is 198 Å². The number of hydrogen-bond donors (Lipinski definition) is 0. The minimum Gasteiger partial charge on any atom is -0.309 e. The van der Waals surface area contributed by atoms with Crippen LogP contribution in [0.2, 0.25) is 0 Å². The van der Waals surface area contributed by atoms with Gasteiger partial charge in [-0.25, -0.2) is 0 Å². The van der Waals surface area contributed by atoms with E-state index in [0.717, 1.165) is 40.5 Å². The highest BCUT2D eigenvalue weighted by molar-refractivity contribution is 6.15. The van der Waals surface area contributed by atoms with Crippen LogP contribution in [0.15, 0.2) is 413 Å². The van der Waals surface area contributed by atoms with Crippen LogP contribution in [0.4, 0.5) is 0 Å². The van der Waals surface area contributed by atoms with Crippen LogP contribution in [0.3, 0.4) is 0 Å². The van der Waals surface area contributed by atoms with Crippen LogP contribution in [-0.2, 0) is 11.8 Å². The Labute approximate surface area is 728 Å². The van der Waals surface area contributed by atoms with E-state index >= 15 is 0 Å². The summed E-state index contributed by atoms with van der Waals surface area (Å²) in [4.78, 5) is 0. The Morgan fingerprint density at radius 1 is 0.176 bits per heavy atom. The zero-order chi connectivity index (χ0) is 84.3. The first-order chi connectivity index (χ1) is 61.1. The molecule has 0 spiro atoms. The predicted molar refractivity (Wildman–Crippen MR) is 533 cm³/mol. The van der Waals surface area contributed by atoms with Crippen molar-refractivity contribution in [1.82, 2.24) is 27.4 Å². The van der Waals surface area contributed by atoms with Crippen molar-refractivity contribution < 1.29 is 0 Å². The highest BCUT2D eigenvalue weighted by atomic mass is 15.0. The molecule has 0 saturated carbocycles.